The molecule has 5 heteroatoms. The Hall–Kier alpha value is -2.30. The van der Waals surface area contributed by atoms with Crippen LogP contribution in [0, 0.1) is 0 Å². The van der Waals surface area contributed by atoms with Crippen LogP contribution in [-0.4, -0.2) is 21.2 Å². The lowest BCUT2D eigenvalue weighted by molar-refractivity contribution is 0.0994. The van der Waals surface area contributed by atoms with E-state index in [-0.39, 0.29) is 11.7 Å². The first-order valence-corrected chi connectivity index (χ1v) is 6.32. The normalized spacial score (nSPS) is 16.8. The number of aromatic amines is 1. The van der Waals surface area contributed by atoms with Crippen molar-refractivity contribution in [3.05, 3.63) is 35.0 Å². The zero-order chi connectivity index (χ0) is 13.6. The zero-order valence-electron chi connectivity index (χ0n) is 10.6. The largest absolute Gasteiger partial charge is 0.508 e. The number of aromatic nitrogens is 2. The molecule has 2 aromatic rings. The van der Waals surface area contributed by atoms with Crippen molar-refractivity contribution in [2.24, 2.45) is 5.73 Å². The highest BCUT2D eigenvalue weighted by Crippen LogP contribution is 2.42. The van der Waals surface area contributed by atoms with E-state index in [1.54, 1.807) is 12.1 Å². The van der Waals surface area contributed by atoms with Crippen LogP contribution in [0.1, 0.15) is 40.9 Å². The molecule has 0 radical (unpaired) electrons. The van der Waals surface area contributed by atoms with Crippen molar-refractivity contribution in [2.75, 3.05) is 0 Å². The first-order chi connectivity index (χ1) is 9.11. The van der Waals surface area contributed by atoms with Crippen molar-refractivity contribution in [3.8, 4) is 17.0 Å². The number of nitrogens with two attached hydrogens (primary N) is 1. The Bertz CT molecular complexity index is 661. The Morgan fingerprint density at radius 2 is 2.37 bits per heavy atom. The highest BCUT2D eigenvalue weighted by Gasteiger charge is 2.29. The number of amides is 1. The smallest absolute Gasteiger partial charge is 0.267 e. The topological polar surface area (TPSA) is 92.0 Å². The van der Waals surface area contributed by atoms with Crippen LogP contribution < -0.4 is 5.73 Å². The number of H-pyrrole nitrogens is 1. The predicted octanol–water partition coefficient (Wildman–Crippen LogP) is 1.93. The maximum absolute atomic E-state index is 11.4. The molecule has 0 bridgehead atoms. The number of aromatic hydroxyl groups is 1. The van der Waals surface area contributed by atoms with Crippen LogP contribution in [0.4, 0.5) is 0 Å². The van der Waals surface area contributed by atoms with Crippen LogP contribution in [0.3, 0.4) is 0 Å². The maximum Gasteiger partial charge on any atom is 0.267 e. The standard InChI is InChI=1S/C14H15N3O2/c1-2-7-5-11-12(16-17-13(11)14(15)19)9-4-3-8(18)6-10(7)9/h3-4,6-7,18H,2,5H2,1H3,(H2,15,19)(H,16,17). The summed E-state index contributed by atoms with van der Waals surface area (Å²) in [7, 11) is 0. The molecule has 1 atom stereocenters. The summed E-state index contributed by atoms with van der Waals surface area (Å²) in [5, 5.41) is 16.6. The second-order valence-corrected chi connectivity index (χ2v) is 4.87. The molecule has 0 saturated heterocycles. The molecule has 1 amide bonds. The number of primary amides is 1. The molecular weight excluding hydrogens is 242 g/mol. The molecule has 98 valence electrons. The fraction of sp³-hybridized carbons (Fsp3) is 0.286. The van der Waals surface area contributed by atoms with Crippen LogP contribution >= 0.6 is 0 Å². The second kappa shape index (κ2) is 4.12. The van der Waals surface area contributed by atoms with Crippen LogP contribution in [0.25, 0.3) is 11.3 Å². The summed E-state index contributed by atoms with van der Waals surface area (Å²) < 4.78 is 0. The van der Waals surface area contributed by atoms with Gasteiger partial charge in [0.2, 0.25) is 0 Å². The van der Waals surface area contributed by atoms with E-state index in [1.807, 2.05) is 6.07 Å². The predicted molar refractivity (Wildman–Crippen MR) is 70.9 cm³/mol. The van der Waals surface area contributed by atoms with Gasteiger partial charge in [-0.2, -0.15) is 5.10 Å². The van der Waals surface area contributed by atoms with Gasteiger partial charge in [-0.05, 0) is 42.5 Å². The number of phenolic OH excluding ortho intramolecular Hbond substituents is 1. The Kier molecular flexibility index (Phi) is 2.55. The molecule has 5 nitrogen and oxygen atoms in total. The first kappa shape index (κ1) is 11.8. The van der Waals surface area contributed by atoms with Gasteiger partial charge in [0.15, 0.2) is 0 Å². The van der Waals surface area contributed by atoms with Crippen molar-refractivity contribution in [1.82, 2.24) is 10.2 Å². The summed E-state index contributed by atoms with van der Waals surface area (Å²) in [6.45, 7) is 2.09. The number of hydrogen-bond acceptors (Lipinski definition) is 3. The highest BCUT2D eigenvalue weighted by molar-refractivity contribution is 5.94. The third-order valence-electron chi connectivity index (χ3n) is 3.79. The Morgan fingerprint density at radius 3 is 3.05 bits per heavy atom. The van der Waals surface area contributed by atoms with Crippen molar-refractivity contribution >= 4 is 5.91 Å². The fourth-order valence-electron chi connectivity index (χ4n) is 2.81. The van der Waals surface area contributed by atoms with Crippen molar-refractivity contribution < 1.29 is 9.90 Å². The van der Waals surface area contributed by atoms with Crippen LogP contribution in [0.5, 0.6) is 5.75 Å². The quantitative estimate of drug-likeness (QED) is 0.767. The van der Waals surface area contributed by atoms with Gasteiger partial charge in [0.1, 0.15) is 11.4 Å². The number of hydrogen-bond donors (Lipinski definition) is 3. The summed E-state index contributed by atoms with van der Waals surface area (Å²) >= 11 is 0. The molecule has 19 heavy (non-hydrogen) atoms. The molecule has 1 aliphatic rings. The fourth-order valence-corrected chi connectivity index (χ4v) is 2.81. The van der Waals surface area contributed by atoms with Gasteiger partial charge in [0.25, 0.3) is 5.91 Å². The number of benzene rings is 1. The maximum atomic E-state index is 11.4. The third-order valence-corrected chi connectivity index (χ3v) is 3.79. The van der Waals surface area contributed by atoms with E-state index < -0.39 is 5.91 Å². The Labute approximate surface area is 110 Å². The minimum absolute atomic E-state index is 0.256. The minimum Gasteiger partial charge on any atom is -0.508 e. The van der Waals surface area contributed by atoms with Gasteiger partial charge in [-0.3, -0.25) is 9.89 Å². The lowest BCUT2D eigenvalue weighted by Crippen LogP contribution is -2.17. The van der Waals surface area contributed by atoms with Gasteiger partial charge in [0.05, 0.1) is 5.69 Å². The monoisotopic (exact) mass is 257 g/mol. The summed E-state index contributed by atoms with van der Waals surface area (Å²) in [5.74, 6) is 0.0439. The molecule has 3 rings (SSSR count). The van der Waals surface area contributed by atoms with Gasteiger partial charge in [-0.25, -0.2) is 0 Å². The average molecular weight is 257 g/mol. The number of nitrogens with zero attached hydrogens (tertiary/aromatic N) is 1. The lowest BCUT2D eigenvalue weighted by atomic mass is 9.79. The number of phenols is 1. The summed E-state index contributed by atoms with van der Waals surface area (Å²) in [5.41, 5.74) is 9.47. The summed E-state index contributed by atoms with van der Waals surface area (Å²) in [6.07, 6.45) is 1.65. The molecular formula is C14H15N3O2. The van der Waals surface area contributed by atoms with Crippen LogP contribution in [0.2, 0.25) is 0 Å². The molecule has 0 spiro atoms. The minimum atomic E-state index is -0.481. The number of rotatable bonds is 2. The van der Waals surface area contributed by atoms with Crippen molar-refractivity contribution in [1.29, 1.82) is 0 Å². The molecule has 0 aliphatic heterocycles. The van der Waals surface area contributed by atoms with E-state index in [9.17, 15) is 9.90 Å². The molecule has 1 heterocycles. The van der Waals surface area contributed by atoms with E-state index in [1.165, 1.54) is 0 Å². The van der Waals surface area contributed by atoms with Gasteiger partial charge in [0, 0.05) is 11.1 Å². The van der Waals surface area contributed by atoms with Gasteiger partial charge in [-0.15, -0.1) is 0 Å². The van der Waals surface area contributed by atoms with Crippen molar-refractivity contribution in [3.63, 3.8) is 0 Å². The second-order valence-electron chi connectivity index (χ2n) is 4.87. The zero-order valence-corrected chi connectivity index (χ0v) is 10.6. The summed E-state index contributed by atoms with van der Waals surface area (Å²) in [4.78, 5) is 11.4. The first-order valence-electron chi connectivity index (χ1n) is 6.32. The lowest BCUT2D eigenvalue weighted by Gasteiger charge is -2.24. The van der Waals surface area contributed by atoms with Gasteiger partial charge >= 0.3 is 0 Å². The molecule has 1 aliphatic carbocycles. The Balaban J connectivity index is 2.23. The van der Waals surface area contributed by atoms with E-state index >= 15 is 0 Å². The van der Waals surface area contributed by atoms with E-state index in [4.69, 9.17) is 5.73 Å². The third kappa shape index (κ3) is 1.69. The number of nitrogens with one attached hydrogen (secondary N) is 1. The average Bonchev–Trinajstić information content (AvgIpc) is 2.81. The molecule has 1 unspecified atom stereocenters. The molecule has 1 aromatic heterocycles. The highest BCUT2D eigenvalue weighted by atomic mass is 16.3. The molecule has 1 aromatic carbocycles. The summed E-state index contributed by atoms with van der Waals surface area (Å²) in [6, 6.07) is 5.27. The number of carbonyl (C=O) groups is 1. The number of fused-ring (bicyclic) bond motifs is 3. The molecule has 4 N–H and O–H groups in total. The van der Waals surface area contributed by atoms with Crippen LogP contribution in [-0.2, 0) is 6.42 Å². The van der Waals surface area contributed by atoms with Gasteiger partial charge < -0.3 is 10.8 Å². The molecule has 0 saturated carbocycles. The van der Waals surface area contributed by atoms with Crippen molar-refractivity contribution in [2.45, 2.75) is 25.7 Å². The number of carbonyl (C=O) groups excluding carboxylic acids is 1. The van der Waals surface area contributed by atoms with E-state index in [0.717, 1.165) is 35.2 Å². The van der Waals surface area contributed by atoms with Gasteiger partial charge in [-0.1, -0.05) is 6.92 Å². The Morgan fingerprint density at radius 1 is 1.58 bits per heavy atom. The van der Waals surface area contributed by atoms with E-state index in [2.05, 4.69) is 17.1 Å². The van der Waals surface area contributed by atoms with Crippen LogP contribution in [0.15, 0.2) is 18.2 Å². The SMILES string of the molecule is CCC1Cc2c(n[nH]c2C(N)=O)-c2ccc(O)cc21. The van der Waals surface area contributed by atoms with E-state index in [0.29, 0.717) is 5.69 Å². The molecule has 0 fully saturated rings.